The van der Waals surface area contributed by atoms with Gasteiger partial charge in [-0.15, -0.1) is 0 Å². The van der Waals surface area contributed by atoms with E-state index in [1.165, 1.54) is 5.57 Å². The monoisotopic (exact) mass is 248 g/mol. The van der Waals surface area contributed by atoms with Crippen LogP contribution in [0.1, 0.15) is 45.2 Å². The molecule has 0 saturated heterocycles. The summed E-state index contributed by atoms with van der Waals surface area (Å²) in [5, 5.41) is 0. The third-order valence-electron chi connectivity index (χ3n) is 2.83. The average molecular weight is 248 g/mol. The number of nitrogens with one attached hydrogen (secondary N) is 1. The maximum Gasteiger partial charge on any atom is 0.120 e. The molecule has 0 aromatic heterocycles. The number of rotatable bonds is 7. The van der Waals surface area contributed by atoms with Gasteiger partial charge in [0.05, 0.1) is 6.10 Å². The first-order chi connectivity index (χ1) is 8.56. The van der Waals surface area contributed by atoms with Gasteiger partial charge >= 0.3 is 0 Å². The van der Waals surface area contributed by atoms with E-state index in [9.17, 15) is 0 Å². The van der Waals surface area contributed by atoms with Crippen LogP contribution in [0, 0.1) is 0 Å². The summed E-state index contributed by atoms with van der Waals surface area (Å²) in [6, 6.07) is 8.14. The smallest absolute Gasteiger partial charge is 0.120 e. The van der Waals surface area contributed by atoms with Gasteiger partial charge in [-0.05, 0) is 44.4 Å². The molecule has 3 heteroatoms. The zero-order chi connectivity index (χ0) is 13.5. The van der Waals surface area contributed by atoms with E-state index >= 15 is 0 Å². The molecule has 3 nitrogen and oxygen atoms in total. The molecule has 1 rings (SSSR count). The Hall–Kier alpha value is -1.32. The van der Waals surface area contributed by atoms with Gasteiger partial charge in [0.25, 0.3) is 0 Å². The highest BCUT2D eigenvalue weighted by Crippen LogP contribution is 2.24. The van der Waals surface area contributed by atoms with Crippen LogP contribution in [-0.2, 0) is 0 Å². The lowest BCUT2D eigenvalue weighted by molar-refractivity contribution is 0.242. The Morgan fingerprint density at radius 3 is 2.72 bits per heavy atom. The normalized spacial score (nSPS) is 12.5. The van der Waals surface area contributed by atoms with Crippen molar-refractivity contribution in [1.82, 2.24) is 5.43 Å². The minimum Gasteiger partial charge on any atom is -0.491 e. The molecule has 1 aromatic carbocycles. The molecule has 0 amide bonds. The second kappa shape index (κ2) is 7.19. The van der Waals surface area contributed by atoms with E-state index in [0.29, 0.717) is 0 Å². The standard InChI is InChI=1S/C15H24N2O/c1-5-12(4)9-15(17-16)13-7-6-8-14(10-13)18-11(2)3/h6-8,10-11,15,17H,4-5,9,16H2,1-3H3. The molecule has 0 aliphatic rings. The molecular formula is C15H24N2O. The summed E-state index contributed by atoms with van der Waals surface area (Å²) in [6.07, 6.45) is 1.99. The van der Waals surface area contributed by atoms with Crippen LogP contribution < -0.4 is 16.0 Å². The van der Waals surface area contributed by atoms with Crippen LogP contribution in [0.3, 0.4) is 0 Å². The second-order valence-corrected chi connectivity index (χ2v) is 4.77. The summed E-state index contributed by atoms with van der Waals surface area (Å²) in [7, 11) is 0. The molecule has 18 heavy (non-hydrogen) atoms. The summed E-state index contributed by atoms with van der Waals surface area (Å²) in [4.78, 5) is 0. The van der Waals surface area contributed by atoms with Crippen LogP contribution in [-0.4, -0.2) is 6.10 Å². The van der Waals surface area contributed by atoms with Crippen molar-refractivity contribution < 1.29 is 4.74 Å². The fraction of sp³-hybridized carbons (Fsp3) is 0.467. The quantitative estimate of drug-likeness (QED) is 0.442. The van der Waals surface area contributed by atoms with E-state index in [-0.39, 0.29) is 12.1 Å². The predicted molar refractivity (Wildman–Crippen MR) is 76.3 cm³/mol. The zero-order valence-electron chi connectivity index (χ0n) is 11.6. The van der Waals surface area contributed by atoms with Crippen LogP contribution in [0.25, 0.3) is 0 Å². The van der Waals surface area contributed by atoms with Gasteiger partial charge in [-0.1, -0.05) is 31.2 Å². The molecule has 0 bridgehead atoms. The van der Waals surface area contributed by atoms with E-state index in [2.05, 4.69) is 25.0 Å². The highest BCUT2D eigenvalue weighted by molar-refractivity contribution is 5.31. The lowest BCUT2D eigenvalue weighted by Crippen LogP contribution is -2.28. The number of nitrogens with two attached hydrogens (primary N) is 1. The van der Waals surface area contributed by atoms with E-state index in [1.807, 2.05) is 32.0 Å². The highest BCUT2D eigenvalue weighted by Gasteiger charge is 2.11. The first-order valence-electron chi connectivity index (χ1n) is 6.46. The predicted octanol–water partition coefficient (Wildman–Crippen LogP) is 3.33. The van der Waals surface area contributed by atoms with Crippen molar-refractivity contribution in [2.75, 3.05) is 0 Å². The lowest BCUT2D eigenvalue weighted by Gasteiger charge is -2.18. The molecular weight excluding hydrogens is 224 g/mol. The molecule has 0 saturated carbocycles. The molecule has 1 atom stereocenters. The third-order valence-corrected chi connectivity index (χ3v) is 2.83. The molecule has 0 aliphatic carbocycles. The van der Waals surface area contributed by atoms with Gasteiger partial charge in [0.15, 0.2) is 0 Å². The fourth-order valence-electron chi connectivity index (χ4n) is 1.78. The van der Waals surface area contributed by atoms with Gasteiger partial charge in [0, 0.05) is 6.04 Å². The Morgan fingerprint density at radius 2 is 2.17 bits per heavy atom. The van der Waals surface area contributed by atoms with Gasteiger partial charge in [-0.3, -0.25) is 11.3 Å². The largest absolute Gasteiger partial charge is 0.491 e. The molecule has 0 spiro atoms. The van der Waals surface area contributed by atoms with E-state index in [4.69, 9.17) is 10.6 Å². The maximum atomic E-state index is 5.69. The average Bonchev–Trinajstić information content (AvgIpc) is 2.35. The van der Waals surface area contributed by atoms with Crippen LogP contribution in [0.5, 0.6) is 5.75 Å². The fourth-order valence-corrected chi connectivity index (χ4v) is 1.78. The highest BCUT2D eigenvalue weighted by atomic mass is 16.5. The van der Waals surface area contributed by atoms with Crippen molar-refractivity contribution in [3.05, 3.63) is 42.0 Å². The van der Waals surface area contributed by atoms with Crippen molar-refractivity contribution in [1.29, 1.82) is 0 Å². The molecule has 0 radical (unpaired) electrons. The van der Waals surface area contributed by atoms with Crippen LogP contribution in [0.4, 0.5) is 0 Å². The molecule has 0 aliphatic heterocycles. The van der Waals surface area contributed by atoms with Crippen molar-refractivity contribution in [2.45, 2.75) is 45.8 Å². The summed E-state index contributed by atoms with van der Waals surface area (Å²) in [5.41, 5.74) is 5.17. The first kappa shape index (κ1) is 14.7. The van der Waals surface area contributed by atoms with Gasteiger partial charge in [0.1, 0.15) is 5.75 Å². The summed E-state index contributed by atoms with van der Waals surface area (Å²) >= 11 is 0. The molecule has 1 unspecified atom stereocenters. The van der Waals surface area contributed by atoms with Crippen molar-refractivity contribution in [2.24, 2.45) is 5.84 Å². The van der Waals surface area contributed by atoms with E-state index < -0.39 is 0 Å². The molecule has 0 fully saturated rings. The van der Waals surface area contributed by atoms with Crippen LogP contribution >= 0.6 is 0 Å². The second-order valence-electron chi connectivity index (χ2n) is 4.77. The third kappa shape index (κ3) is 4.51. The van der Waals surface area contributed by atoms with Gasteiger partial charge in [-0.25, -0.2) is 0 Å². The van der Waals surface area contributed by atoms with Crippen molar-refractivity contribution >= 4 is 0 Å². The molecule has 100 valence electrons. The van der Waals surface area contributed by atoms with Gasteiger partial charge in [0.2, 0.25) is 0 Å². The Labute approximate surface area is 110 Å². The number of hydrazine groups is 1. The lowest BCUT2D eigenvalue weighted by atomic mass is 9.99. The Kier molecular flexibility index (Phi) is 5.89. The Morgan fingerprint density at radius 1 is 1.44 bits per heavy atom. The number of ether oxygens (including phenoxy) is 1. The van der Waals surface area contributed by atoms with Crippen LogP contribution in [0.15, 0.2) is 36.4 Å². The van der Waals surface area contributed by atoms with Gasteiger partial charge < -0.3 is 4.74 Å². The number of benzene rings is 1. The van der Waals surface area contributed by atoms with Crippen molar-refractivity contribution in [3.63, 3.8) is 0 Å². The van der Waals surface area contributed by atoms with Crippen LogP contribution in [0.2, 0.25) is 0 Å². The van der Waals surface area contributed by atoms with E-state index in [1.54, 1.807) is 0 Å². The summed E-state index contributed by atoms with van der Waals surface area (Å²) in [6.45, 7) is 10.2. The summed E-state index contributed by atoms with van der Waals surface area (Å²) in [5.74, 6) is 6.51. The minimum absolute atomic E-state index is 0.0909. The maximum absolute atomic E-state index is 5.69. The van der Waals surface area contributed by atoms with Gasteiger partial charge in [-0.2, -0.15) is 0 Å². The summed E-state index contributed by atoms with van der Waals surface area (Å²) < 4.78 is 5.69. The molecule has 0 heterocycles. The molecule has 1 aromatic rings. The topological polar surface area (TPSA) is 47.3 Å². The number of hydrogen-bond acceptors (Lipinski definition) is 3. The first-order valence-corrected chi connectivity index (χ1v) is 6.46. The Balaban J connectivity index is 2.82. The molecule has 3 N–H and O–H groups in total. The van der Waals surface area contributed by atoms with E-state index in [0.717, 1.165) is 24.2 Å². The minimum atomic E-state index is 0.0909. The SMILES string of the molecule is C=C(CC)CC(NN)c1cccc(OC(C)C)c1. The number of hydrogen-bond donors (Lipinski definition) is 2. The zero-order valence-corrected chi connectivity index (χ0v) is 11.6. The van der Waals surface area contributed by atoms with Crippen molar-refractivity contribution in [3.8, 4) is 5.75 Å². The Bertz CT molecular complexity index is 388.